The first-order chi connectivity index (χ1) is 17.4. The van der Waals surface area contributed by atoms with Gasteiger partial charge in [-0.2, -0.15) is 10.1 Å². The fourth-order valence-electron chi connectivity index (χ4n) is 4.58. The average Bonchev–Trinajstić information content (AvgIpc) is 3.43. The smallest absolute Gasteiger partial charge is 0.411 e. The molecule has 1 saturated heterocycles. The van der Waals surface area contributed by atoms with E-state index >= 15 is 0 Å². The van der Waals surface area contributed by atoms with Crippen LogP contribution in [-0.2, 0) is 11.3 Å². The number of carboxylic acid groups (broad SMARTS) is 1. The van der Waals surface area contributed by atoms with Crippen molar-refractivity contribution in [1.82, 2.24) is 30.0 Å². The van der Waals surface area contributed by atoms with Crippen LogP contribution < -0.4 is 15.4 Å². The second kappa shape index (κ2) is 10.4. The fourth-order valence-corrected chi connectivity index (χ4v) is 5.62. The van der Waals surface area contributed by atoms with Crippen LogP contribution in [0.25, 0.3) is 17.1 Å². The number of ether oxygens (including phenoxy) is 2. The molecule has 0 unspecified atom stereocenters. The van der Waals surface area contributed by atoms with Gasteiger partial charge in [-0.15, -0.1) is 11.8 Å². The van der Waals surface area contributed by atoms with E-state index in [-0.39, 0.29) is 5.95 Å². The molecule has 3 N–H and O–H groups in total. The van der Waals surface area contributed by atoms with Gasteiger partial charge < -0.3 is 19.9 Å². The number of amides is 1. The zero-order valence-corrected chi connectivity index (χ0v) is 21.3. The molecule has 2 aliphatic rings. The Balaban J connectivity index is 1.50. The summed E-state index contributed by atoms with van der Waals surface area (Å²) < 4.78 is 12.8. The second-order valence-corrected chi connectivity index (χ2v) is 9.89. The highest BCUT2D eigenvalue weighted by Crippen LogP contribution is 2.36. The zero-order valence-electron chi connectivity index (χ0n) is 20.5. The Hall–Kier alpha value is -3.22. The van der Waals surface area contributed by atoms with E-state index in [1.54, 1.807) is 29.8 Å². The van der Waals surface area contributed by atoms with Crippen molar-refractivity contribution in [3.05, 3.63) is 34.3 Å². The van der Waals surface area contributed by atoms with Crippen molar-refractivity contribution in [2.24, 2.45) is 0 Å². The van der Waals surface area contributed by atoms with Gasteiger partial charge in [0.1, 0.15) is 10.8 Å². The number of rotatable bonds is 8. The molecule has 0 radical (unpaired) electrons. The van der Waals surface area contributed by atoms with E-state index in [9.17, 15) is 9.90 Å². The SMILES string of the molecule is COc1c(C)cnc(Cn2nc3c4c(nc(NC(=O)O)nc42)SCC(CCN[C@@H]2CCOC2)=C3)c1C. The third kappa shape index (κ3) is 5.01. The number of methoxy groups -OCH3 is 1. The van der Waals surface area contributed by atoms with Crippen LogP contribution in [0.5, 0.6) is 5.75 Å². The van der Waals surface area contributed by atoms with Crippen molar-refractivity contribution in [2.45, 2.75) is 44.3 Å². The van der Waals surface area contributed by atoms with Gasteiger partial charge in [0.05, 0.1) is 37.0 Å². The van der Waals surface area contributed by atoms with E-state index in [1.165, 1.54) is 5.57 Å². The minimum Gasteiger partial charge on any atom is -0.496 e. The summed E-state index contributed by atoms with van der Waals surface area (Å²) in [4.78, 5) is 24.9. The Morgan fingerprint density at radius 1 is 1.36 bits per heavy atom. The molecule has 0 aliphatic carbocycles. The summed E-state index contributed by atoms with van der Waals surface area (Å²) in [6, 6.07) is 0.407. The van der Waals surface area contributed by atoms with Crippen molar-refractivity contribution in [3.8, 4) is 5.75 Å². The lowest BCUT2D eigenvalue weighted by molar-refractivity contribution is 0.190. The third-order valence-corrected chi connectivity index (χ3v) is 7.48. The minimum atomic E-state index is -1.21. The Morgan fingerprint density at radius 3 is 2.97 bits per heavy atom. The summed E-state index contributed by atoms with van der Waals surface area (Å²) in [5, 5.41) is 21.5. The van der Waals surface area contributed by atoms with E-state index in [4.69, 9.17) is 14.6 Å². The van der Waals surface area contributed by atoms with E-state index in [2.05, 4.69) is 31.7 Å². The molecule has 1 fully saturated rings. The van der Waals surface area contributed by atoms with Gasteiger partial charge in [-0.1, -0.05) is 5.57 Å². The predicted molar refractivity (Wildman–Crippen MR) is 137 cm³/mol. The summed E-state index contributed by atoms with van der Waals surface area (Å²) in [6.07, 6.45) is 4.59. The molecule has 190 valence electrons. The molecule has 0 aromatic carbocycles. The molecular formula is C24H29N7O4S. The van der Waals surface area contributed by atoms with Crippen LogP contribution in [0.1, 0.15) is 35.4 Å². The first-order valence-corrected chi connectivity index (χ1v) is 12.8. The summed E-state index contributed by atoms with van der Waals surface area (Å²) >= 11 is 1.57. The number of carbonyl (C=O) groups is 1. The lowest BCUT2D eigenvalue weighted by Crippen LogP contribution is -2.30. The number of pyridine rings is 1. The van der Waals surface area contributed by atoms with Gasteiger partial charge in [-0.05, 0) is 39.3 Å². The molecule has 2 aliphatic heterocycles. The molecule has 36 heavy (non-hydrogen) atoms. The largest absolute Gasteiger partial charge is 0.496 e. The van der Waals surface area contributed by atoms with Crippen LogP contribution in [0.15, 0.2) is 16.8 Å². The standard InChI is InChI=1S/C24H29N7O4S/c1-13-9-26-18(14(2)20(13)34-3)10-31-21-19-17(30-31)8-15(4-6-25-16-5-7-35-11-16)12-36-22(19)28-23(27-21)29-24(32)33/h8-9,16,25H,4-7,10-12H2,1-3H3,(H,32,33)(H,27,28,29)/t16-/m1/s1. The molecule has 1 amide bonds. The topological polar surface area (TPSA) is 136 Å². The van der Waals surface area contributed by atoms with Gasteiger partial charge in [0.15, 0.2) is 5.65 Å². The summed E-state index contributed by atoms with van der Waals surface area (Å²) in [5.41, 5.74) is 5.26. The second-order valence-electron chi connectivity index (χ2n) is 8.93. The highest BCUT2D eigenvalue weighted by molar-refractivity contribution is 7.99. The first-order valence-electron chi connectivity index (χ1n) is 11.8. The lowest BCUT2D eigenvalue weighted by Gasteiger charge is -2.13. The number of hydrogen-bond acceptors (Lipinski definition) is 9. The molecule has 5 heterocycles. The van der Waals surface area contributed by atoms with E-state index in [0.717, 1.165) is 72.0 Å². The van der Waals surface area contributed by atoms with E-state index in [0.29, 0.717) is 23.3 Å². The number of nitrogens with one attached hydrogen (secondary N) is 2. The van der Waals surface area contributed by atoms with Crippen LogP contribution in [-0.4, -0.2) is 74.6 Å². The molecule has 3 aromatic heterocycles. The van der Waals surface area contributed by atoms with Crippen molar-refractivity contribution in [1.29, 1.82) is 0 Å². The van der Waals surface area contributed by atoms with Crippen molar-refractivity contribution in [3.63, 3.8) is 0 Å². The quantitative estimate of drug-likeness (QED) is 0.387. The highest BCUT2D eigenvalue weighted by Gasteiger charge is 2.23. The average molecular weight is 512 g/mol. The summed E-state index contributed by atoms with van der Waals surface area (Å²) in [7, 11) is 1.65. The summed E-state index contributed by atoms with van der Waals surface area (Å²) in [5.74, 6) is 1.56. The molecule has 0 saturated carbocycles. The van der Waals surface area contributed by atoms with Gasteiger partial charge in [0.25, 0.3) is 0 Å². The molecule has 0 spiro atoms. The van der Waals surface area contributed by atoms with Crippen molar-refractivity contribution < 1.29 is 19.4 Å². The highest BCUT2D eigenvalue weighted by atomic mass is 32.2. The number of aryl methyl sites for hydroxylation is 1. The summed E-state index contributed by atoms with van der Waals surface area (Å²) in [6.45, 7) is 6.71. The van der Waals surface area contributed by atoms with Crippen LogP contribution in [0.4, 0.5) is 10.7 Å². The maximum absolute atomic E-state index is 11.3. The van der Waals surface area contributed by atoms with Crippen molar-refractivity contribution >= 4 is 40.9 Å². The van der Waals surface area contributed by atoms with Crippen molar-refractivity contribution in [2.75, 3.05) is 37.9 Å². The maximum Gasteiger partial charge on any atom is 0.411 e. The number of nitrogens with zero attached hydrogens (tertiary/aromatic N) is 5. The van der Waals surface area contributed by atoms with Gasteiger partial charge in [-0.25, -0.2) is 14.5 Å². The molecule has 1 atom stereocenters. The maximum atomic E-state index is 11.3. The van der Waals surface area contributed by atoms with Crippen LogP contribution in [0.2, 0.25) is 0 Å². The Bertz CT molecular complexity index is 1330. The molecule has 12 heteroatoms. The minimum absolute atomic E-state index is 0.0303. The molecular weight excluding hydrogens is 482 g/mol. The van der Waals surface area contributed by atoms with Crippen LogP contribution in [0, 0.1) is 13.8 Å². The third-order valence-electron chi connectivity index (χ3n) is 6.40. The lowest BCUT2D eigenvalue weighted by atomic mass is 10.1. The van der Waals surface area contributed by atoms with Gasteiger partial charge in [0, 0.05) is 35.7 Å². The van der Waals surface area contributed by atoms with E-state index in [1.807, 2.05) is 13.8 Å². The normalized spacial score (nSPS) is 17.2. The van der Waals surface area contributed by atoms with Gasteiger partial charge in [0.2, 0.25) is 5.95 Å². The number of anilines is 1. The first kappa shape index (κ1) is 24.5. The number of thioether (sulfide) groups is 1. The zero-order chi connectivity index (χ0) is 25.2. The molecule has 0 bridgehead atoms. The van der Waals surface area contributed by atoms with E-state index < -0.39 is 6.09 Å². The Labute approximate surface area is 212 Å². The van der Waals surface area contributed by atoms with Gasteiger partial charge in [-0.3, -0.25) is 10.3 Å². The molecule has 5 rings (SSSR count). The monoisotopic (exact) mass is 511 g/mol. The number of hydrogen-bond donors (Lipinski definition) is 3. The van der Waals surface area contributed by atoms with Crippen LogP contribution in [0.3, 0.4) is 0 Å². The molecule has 3 aromatic rings. The molecule has 11 nitrogen and oxygen atoms in total. The predicted octanol–water partition coefficient (Wildman–Crippen LogP) is 3.24. The van der Waals surface area contributed by atoms with Gasteiger partial charge >= 0.3 is 6.09 Å². The number of aromatic nitrogens is 5. The van der Waals surface area contributed by atoms with Crippen LogP contribution >= 0.6 is 11.8 Å². The fraction of sp³-hybridized carbons (Fsp3) is 0.458. The Morgan fingerprint density at radius 2 is 2.22 bits per heavy atom. The Kier molecular flexibility index (Phi) is 7.08.